The Morgan fingerprint density at radius 2 is 2.20 bits per heavy atom. The van der Waals surface area contributed by atoms with E-state index in [1.807, 2.05) is 13.8 Å². The smallest absolute Gasteiger partial charge is 0.167 e. The molecule has 0 radical (unpaired) electrons. The largest absolute Gasteiger partial charge is 0.351 e. The molecule has 5 heteroatoms. The summed E-state index contributed by atoms with van der Waals surface area (Å²) in [6.45, 7) is 3.99. The van der Waals surface area contributed by atoms with Crippen LogP contribution in [0.3, 0.4) is 0 Å². The molecule has 0 spiro atoms. The second-order valence-corrected chi connectivity index (χ2v) is 4.96. The number of halogens is 3. The van der Waals surface area contributed by atoms with Crippen LogP contribution in [0.25, 0.3) is 0 Å². The third kappa shape index (κ3) is 2.82. The molecule has 1 aromatic rings. The van der Waals surface area contributed by atoms with Crippen LogP contribution in [0, 0.1) is 5.82 Å². The van der Waals surface area contributed by atoms with Crippen LogP contribution in [0.4, 0.5) is 10.2 Å². The van der Waals surface area contributed by atoms with Gasteiger partial charge in [-0.1, -0.05) is 27.5 Å². The maximum atomic E-state index is 13.6. The van der Waals surface area contributed by atoms with Crippen molar-refractivity contribution in [1.29, 1.82) is 0 Å². The van der Waals surface area contributed by atoms with Gasteiger partial charge in [0.05, 0.1) is 5.02 Å². The van der Waals surface area contributed by atoms with Crippen LogP contribution in [0.5, 0.6) is 0 Å². The summed E-state index contributed by atoms with van der Waals surface area (Å²) in [4.78, 5) is 5.78. The molecule has 0 aliphatic heterocycles. The fourth-order valence-corrected chi connectivity index (χ4v) is 1.55. The zero-order chi connectivity index (χ0) is 11.6. The summed E-state index contributed by atoms with van der Waals surface area (Å²) in [7, 11) is 1.81. The quantitative estimate of drug-likeness (QED) is 0.794. The number of anilines is 1. The molecule has 84 valence electrons. The van der Waals surface area contributed by atoms with Gasteiger partial charge in [0.25, 0.3) is 0 Å². The van der Waals surface area contributed by atoms with Gasteiger partial charge in [0, 0.05) is 24.1 Å². The zero-order valence-electron chi connectivity index (χ0n) is 8.89. The first kappa shape index (κ1) is 12.7. The van der Waals surface area contributed by atoms with Crippen molar-refractivity contribution in [2.24, 2.45) is 0 Å². The average Bonchev–Trinajstić information content (AvgIpc) is 2.17. The van der Waals surface area contributed by atoms with Crippen molar-refractivity contribution >= 4 is 33.3 Å². The summed E-state index contributed by atoms with van der Waals surface area (Å²) in [6, 6.07) is 1.27. The van der Waals surface area contributed by atoms with Crippen LogP contribution in [0.1, 0.15) is 13.8 Å². The van der Waals surface area contributed by atoms with Gasteiger partial charge < -0.3 is 4.90 Å². The molecule has 0 saturated carbocycles. The summed E-state index contributed by atoms with van der Waals surface area (Å²) in [5.74, 6) is -0.0946. The standard InChI is InChI=1S/C10H13BrClFN2/c1-10(2,6-11)15(3)9-8(13)4-7(12)5-14-9/h4-5H,6H2,1-3H3. The highest BCUT2D eigenvalue weighted by Gasteiger charge is 2.25. The highest BCUT2D eigenvalue weighted by Crippen LogP contribution is 2.25. The minimum atomic E-state index is -0.404. The summed E-state index contributed by atoms with van der Waals surface area (Å²) < 4.78 is 13.6. The highest BCUT2D eigenvalue weighted by molar-refractivity contribution is 9.09. The Morgan fingerprint density at radius 3 is 2.67 bits per heavy atom. The molecule has 0 atom stereocenters. The van der Waals surface area contributed by atoms with Crippen molar-refractivity contribution in [3.8, 4) is 0 Å². The van der Waals surface area contributed by atoms with E-state index < -0.39 is 5.82 Å². The van der Waals surface area contributed by atoms with E-state index in [1.54, 1.807) is 11.9 Å². The number of hydrogen-bond donors (Lipinski definition) is 0. The number of hydrogen-bond acceptors (Lipinski definition) is 2. The van der Waals surface area contributed by atoms with Crippen molar-refractivity contribution in [3.05, 3.63) is 23.1 Å². The Kier molecular flexibility index (Phi) is 3.95. The third-order valence-electron chi connectivity index (χ3n) is 2.34. The van der Waals surface area contributed by atoms with Crippen LogP contribution in [-0.4, -0.2) is 22.9 Å². The maximum absolute atomic E-state index is 13.6. The van der Waals surface area contributed by atoms with Gasteiger partial charge in [-0.25, -0.2) is 9.37 Å². The molecule has 1 rings (SSSR count). The number of alkyl halides is 1. The molecule has 0 aromatic carbocycles. The first-order valence-corrected chi connectivity index (χ1v) is 5.99. The fraction of sp³-hybridized carbons (Fsp3) is 0.500. The molecule has 0 fully saturated rings. The van der Waals surface area contributed by atoms with Gasteiger partial charge >= 0.3 is 0 Å². The fourth-order valence-electron chi connectivity index (χ4n) is 1.03. The minimum Gasteiger partial charge on any atom is -0.351 e. The second-order valence-electron chi connectivity index (χ2n) is 3.96. The lowest BCUT2D eigenvalue weighted by Crippen LogP contribution is -2.43. The van der Waals surface area contributed by atoms with E-state index in [0.717, 1.165) is 5.33 Å². The van der Waals surface area contributed by atoms with Crippen molar-refractivity contribution in [2.75, 3.05) is 17.3 Å². The van der Waals surface area contributed by atoms with E-state index >= 15 is 0 Å². The van der Waals surface area contributed by atoms with E-state index in [2.05, 4.69) is 20.9 Å². The molecule has 15 heavy (non-hydrogen) atoms. The van der Waals surface area contributed by atoms with Gasteiger partial charge in [0.1, 0.15) is 0 Å². The second kappa shape index (κ2) is 4.66. The first-order chi connectivity index (χ1) is 6.88. The molecular formula is C10H13BrClFN2. The average molecular weight is 296 g/mol. The normalized spacial score (nSPS) is 11.6. The Labute approximate surface area is 103 Å². The molecule has 0 saturated heterocycles. The Hall–Kier alpha value is -0.350. The summed E-state index contributed by atoms with van der Waals surface area (Å²) in [5.41, 5.74) is -0.207. The lowest BCUT2D eigenvalue weighted by molar-refractivity contribution is 0.525. The van der Waals surface area contributed by atoms with Crippen molar-refractivity contribution in [2.45, 2.75) is 19.4 Å². The molecule has 1 heterocycles. The van der Waals surface area contributed by atoms with Gasteiger partial charge in [-0.15, -0.1) is 0 Å². The molecule has 0 aliphatic carbocycles. The monoisotopic (exact) mass is 294 g/mol. The van der Waals surface area contributed by atoms with E-state index in [4.69, 9.17) is 11.6 Å². The number of pyridine rings is 1. The first-order valence-electron chi connectivity index (χ1n) is 4.49. The Balaban J connectivity index is 3.06. The predicted octanol–water partition coefficient (Wildman–Crippen LogP) is 3.48. The van der Waals surface area contributed by atoms with Crippen LogP contribution in [-0.2, 0) is 0 Å². The molecule has 0 N–H and O–H groups in total. The van der Waals surface area contributed by atoms with E-state index in [9.17, 15) is 4.39 Å². The van der Waals surface area contributed by atoms with Crippen molar-refractivity contribution in [3.63, 3.8) is 0 Å². The number of aromatic nitrogens is 1. The molecule has 1 aromatic heterocycles. The van der Waals surface area contributed by atoms with Crippen molar-refractivity contribution in [1.82, 2.24) is 4.98 Å². The van der Waals surface area contributed by atoms with Gasteiger partial charge in [-0.3, -0.25) is 0 Å². The summed E-state index contributed by atoms with van der Waals surface area (Å²) in [5, 5.41) is 1.03. The minimum absolute atomic E-state index is 0.207. The zero-order valence-corrected chi connectivity index (χ0v) is 11.2. The summed E-state index contributed by atoms with van der Waals surface area (Å²) in [6.07, 6.45) is 1.45. The molecule has 0 aliphatic rings. The van der Waals surface area contributed by atoms with Gasteiger partial charge in [-0.05, 0) is 19.9 Å². The Bertz CT molecular complexity index is 357. The Morgan fingerprint density at radius 1 is 1.60 bits per heavy atom. The summed E-state index contributed by atoms with van der Waals surface area (Å²) >= 11 is 9.03. The predicted molar refractivity (Wildman–Crippen MR) is 65.5 cm³/mol. The van der Waals surface area contributed by atoms with Crippen LogP contribution in [0.15, 0.2) is 12.3 Å². The van der Waals surface area contributed by atoms with Gasteiger partial charge in [-0.2, -0.15) is 0 Å². The topological polar surface area (TPSA) is 16.1 Å². The van der Waals surface area contributed by atoms with Crippen molar-refractivity contribution < 1.29 is 4.39 Å². The maximum Gasteiger partial charge on any atom is 0.167 e. The van der Waals surface area contributed by atoms with Crippen LogP contribution >= 0.6 is 27.5 Å². The van der Waals surface area contributed by atoms with Gasteiger partial charge in [0.15, 0.2) is 11.6 Å². The van der Waals surface area contributed by atoms with E-state index in [1.165, 1.54) is 12.3 Å². The molecule has 2 nitrogen and oxygen atoms in total. The highest BCUT2D eigenvalue weighted by atomic mass is 79.9. The lowest BCUT2D eigenvalue weighted by Gasteiger charge is -2.35. The molecule has 0 amide bonds. The molecular weight excluding hydrogens is 282 g/mol. The van der Waals surface area contributed by atoms with Crippen LogP contribution < -0.4 is 4.90 Å². The van der Waals surface area contributed by atoms with Crippen LogP contribution in [0.2, 0.25) is 5.02 Å². The third-order valence-corrected chi connectivity index (χ3v) is 3.92. The number of nitrogens with zero attached hydrogens (tertiary/aromatic N) is 2. The van der Waals surface area contributed by atoms with E-state index in [-0.39, 0.29) is 5.54 Å². The lowest BCUT2D eigenvalue weighted by atomic mass is 10.1. The number of rotatable bonds is 3. The SMILES string of the molecule is CN(c1ncc(Cl)cc1F)C(C)(C)CBr. The van der Waals surface area contributed by atoms with Gasteiger partial charge in [0.2, 0.25) is 0 Å². The molecule has 0 unspecified atom stereocenters. The van der Waals surface area contributed by atoms with E-state index in [0.29, 0.717) is 10.8 Å². The molecule has 0 bridgehead atoms.